The van der Waals surface area contributed by atoms with Gasteiger partial charge in [0.25, 0.3) is 0 Å². The van der Waals surface area contributed by atoms with Crippen molar-refractivity contribution in [2.75, 3.05) is 13.2 Å². The Morgan fingerprint density at radius 3 is 2.00 bits per heavy atom. The lowest BCUT2D eigenvalue weighted by Gasteiger charge is -2.29. The average molecular weight is 335 g/mol. The molecular weight excluding hydrogens is 314 g/mol. The molecule has 23 heavy (non-hydrogen) atoms. The summed E-state index contributed by atoms with van der Waals surface area (Å²) in [4.78, 5) is 24.9. The maximum Gasteiger partial charge on any atom is 0.336 e. The van der Waals surface area contributed by atoms with E-state index in [0.29, 0.717) is 22.5 Å². The number of allylic oxidation sites excluding steroid dienone is 2. The third-order valence-electron chi connectivity index (χ3n) is 3.63. The third-order valence-corrected chi connectivity index (χ3v) is 4.33. The van der Waals surface area contributed by atoms with Gasteiger partial charge in [-0.3, -0.25) is 0 Å². The molecular formula is C17H21NO4S. The summed E-state index contributed by atoms with van der Waals surface area (Å²) >= 11 is 1.52. The van der Waals surface area contributed by atoms with Crippen LogP contribution in [0.5, 0.6) is 0 Å². The van der Waals surface area contributed by atoms with E-state index < -0.39 is 17.9 Å². The van der Waals surface area contributed by atoms with Crippen LogP contribution in [-0.2, 0) is 19.1 Å². The molecule has 5 nitrogen and oxygen atoms in total. The number of carbonyl (C=O) groups is 2. The Morgan fingerprint density at radius 2 is 1.61 bits per heavy atom. The van der Waals surface area contributed by atoms with Gasteiger partial charge in [0.1, 0.15) is 0 Å². The second-order valence-electron chi connectivity index (χ2n) is 5.13. The van der Waals surface area contributed by atoms with Crippen LogP contribution in [0.25, 0.3) is 0 Å². The van der Waals surface area contributed by atoms with E-state index in [1.54, 1.807) is 13.8 Å². The third kappa shape index (κ3) is 3.47. The van der Waals surface area contributed by atoms with Gasteiger partial charge in [0, 0.05) is 11.4 Å². The molecule has 1 aromatic rings. The minimum absolute atomic E-state index is 0.281. The van der Waals surface area contributed by atoms with Crippen molar-refractivity contribution >= 4 is 23.3 Å². The monoisotopic (exact) mass is 335 g/mol. The Balaban J connectivity index is 2.55. The van der Waals surface area contributed by atoms with Gasteiger partial charge in [-0.25, -0.2) is 9.59 Å². The fourth-order valence-corrected chi connectivity index (χ4v) is 3.41. The summed E-state index contributed by atoms with van der Waals surface area (Å²) in [6.45, 7) is 7.72. The predicted octanol–water partition coefficient (Wildman–Crippen LogP) is 3.11. The Morgan fingerprint density at radius 1 is 1.09 bits per heavy atom. The van der Waals surface area contributed by atoms with Gasteiger partial charge in [-0.15, -0.1) is 0 Å². The van der Waals surface area contributed by atoms with Crippen LogP contribution in [-0.4, -0.2) is 25.2 Å². The average Bonchev–Trinajstić information content (AvgIpc) is 3.00. The molecule has 2 heterocycles. The fraction of sp³-hybridized carbons (Fsp3) is 0.412. The van der Waals surface area contributed by atoms with Gasteiger partial charge in [-0.05, 0) is 50.1 Å². The molecule has 0 saturated carbocycles. The molecule has 0 radical (unpaired) electrons. The Hall–Kier alpha value is -2.08. The number of hydrogen-bond acceptors (Lipinski definition) is 6. The number of esters is 2. The van der Waals surface area contributed by atoms with E-state index in [1.807, 2.05) is 30.7 Å². The highest BCUT2D eigenvalue weighted by atomic mass is 32.1. The second-order valence-corrected chi connectivity index (χ2v) is 5.91. The zero-order chi connectivity index (χ0) is 17.0. The van der Waals surface area contributed by atoms with Crippen molar-refractivity contribution in [2.45, 2.75) is 33.6 Å². The van der Waals surface area contributed by atoms with Crippen LogP contribution in [0.3, 0.4) is 0 Å². The minimum atomic E-state index is -0.472. The standard InChI is InChI=1S/C17H21NO4S/c1-5-21-16(19)13-10(3)18-11(4)14(17(20)22-6-2)15(13)12-7-8-23-9-12/h7-9,15,18H,5-6H2,1-4H3. The van der Waals surface area contributed by atoms with Gasteiger partial charge in [-0.1, -0.05) is 0 Å². The van der Waals surface area contributed by atoms with Crippen molar-refractivity contribution in [1.29, 1.82) is 0 Å². The van der Waals surface area contributed by atoms with E-state index in [-0.39, 0.29) is 13.2 Å². The van der Waals surface area contributed by atoms with E-state index in [0.717, 1.165) is 5.56 Å². The predicted molar refractivity (Wildman–Crippen MR) is 88.9 cm³/mol. The zero-order valence-electron chi connectivity index (χ0n) is 13.8. The Bertz CT molecular complexity index is 618. The maximum absolute atomic E-state index is 12.5. The molecule has 0 fully saturated rings. The van der Waals surface area contributed by atoms with Gasteiger partial charge in [0.05, 0.1) is 30.3 Å². The Labute approximate surface area is 140 Å². The van der Waals surface area contributed by atoms with Gasteiger partial charge < -0.3 is 14.8 Å². The van der Waals surface area contributed by atoms with Gasteiger partial charge >= 0.3 is 11.9 Å². The molecule has 124 valence electrons. The second kappa shape index (κ2) is 7.46. The van der Waals surface area contributed by atoms with E-state index in [1.165, 1.54) is 11.3 Å². The molecule has 2 rings (SSSR count). The minimum Gasteiger partial charge on any atom is -0.463 e. The van der Waals surface area contributed by atoms with Gasteiger partial charge in [-0.2, -0.15) is 11.3 Å². The number of carbonyl (C=O) groups excluding carboxylic acids is 2. The Kier molecular flexibility index (Phi) is 5.60. The van der Waals surface area contributed by atoms with Crippen LogP contribution in [0.1, 0.15) is 39.2 Å². The van der Waals surface area contributed by atoms with Crippen LogP contribution < -0.4 is 5.32 Å². The summed E-state index contributed by atoms with van der Waals surface area (Å²) in [7, 11) is 0. The van der Waals surface area contributed by atoms with Crippen molar-refractivity contribution in [3.63, 3.8) is 0 Å². The molecule has 1 aromatic heterocycles. The summed E-state index contributed by atoms with van der Waals surface area (Å²) in [6.07, 6.45) is 0. The normalized spacial score (nSPS) is 15.5. The lowest BCUT2D eigenvalue weighted by atomic mass is 9.81. The number of dihydropyridines is 1. The molecule has 0 spiro atoms. The zero-order valence-corrected chi connectivity index (χ0v) is 14.6. The summed E-state index contributed by atoms with van der Waals surface area (Å²) < 4.78 is 10.4. The molecule has 1 aliphatic heterocycles. The highest BCUT2D eigenvalue weighted by Gasteiger charge is 2.37. The van der Waals surface area contributed by atoms with Gasteiger partial charge in [0.15, 0.2) is 0 Å². The molecule has 0 saturated heterocycles. The van der Waals surface area contributed by atoms with Crippen molar-refractivity contribution in [3.8, 4) is 0 Å². The molecule has 0 amide bonds. The largest absolute Gasteiger partial charge is 0.463 e. The molecule has 0 aliphatic carbocycles. The van der Waals surface area contributed by atoms with E-state index in [9.17, 15) is 9.59 Å². The van der Waals surface area contributed by atoms with Crippen molar-refractivity contribution in [1.82, 2.24) is 5.32 Å². The van der Waals surface area contributed by atoms with Crippen LogP contribution in [0.15, 0.2) is 39.4 Å². The SMILES string of the molecule is CCOC(=O)C1=C(C)NC(C)=C(C(=O)OCC)C1c1ccsc1. The lowest BCUT2D eigenvalue weighted by Crippen LogP contribution is -2.32. The van der Waals surface area contributed by atoms with Crippen LogP contribution in [0, 0.1) is 0 Å². The summed E-state index contributed by atoms with van der Waals surface area (Å²) in [6, 6.07) is 1.92. The maximum atomic E-state index is 12.5. The molecule has 0 unspecified atom stereocenters. The van der Waals surface area contributed by atoms with Crippen LogP contribution in [0.4, 0.5) is 0 Å². The first kappa shape index (κ1) is 17.3. The van der Waals surface area contributed by atoms with Crippen molar-refractivity contribution < 1.29 is 19.1 Å². The molecule has 1 N–H and O–H groups in total. The van der Waals surface area contributed by atoms with Crippen molar-refractivity contribution in [2.24, 2.45) is 0 Å². The molecule has 0 atom stereocenters. The number of nitrogens with one attached hydrogen (secondary N) is 1. The summed E-state index contributed by atoms with van der Waals surface area (Å²) in [5.41, 5.74) is 3.20. The van der Waals surface area contributed by atoms with Crippen molar-refractivity contribution in [3.05, 3.63) is 44.9 Å². The lowest BCUT2D eigenvalue weighted by molar-refractivity contribution is -0.139. The first-order chi connectivity index (χ1) is 11.0. The summed E-state index contributed by atoms with van der Waals surface area (Å²) in [5.74, 6) is -1.30. The first-order valence-electron chi connectivity index (χ1n) is 7.56. The molecule has 0 aromatic carbocycles. The van der Waals surface area contributed by atoms with E-state index in [2.05, 4.69) is 5.32 Å². The smallest absolute Gasteiger partial charge is 0.336 e. The van der Waals surface area contributed by atoms with E-state index in [4.69, 9.17) is 9.47 Å². The number of rotatable bonds is 5. The highest BCUT2D eigenvalue weighted by molar-refractivity contribution is 7.08. The first-order valence-corrected chi connectivity index (χ1v) is 8.50. The quantitative estimate of drug-likeness (QED) is 0.838. The molecule has 1 aliphatic rings. The van der Waals surface area contributed by atoms with Crippen LogP contribution >= 0.6 is 11.3 Å². The highest BCUT2D eigenvalue weighted by Crippen LogP contribution is 2.39. The number of ether oxygens (including phenoxy) is 2. The summed E-state index contributed by atoms with van der Waals surface area (Å²) in [5, 5.41) is 6.97. The molecule has 0 bridgehead atoms. The topological polar surface area (TPSA) is 64.6 Å². The number of thiophene rings is 1. The molecule has 6 heteroatoms. The van der Waals surface area contributed by atoms with E-state index >= 15 is 0 Å². The van der Waals surface area contributed by atoms with Gasteiger partial charge in [0.2, 0.25) is 0 Å². The fourth-order valence-electron chi connectivity index (χ4n) is 2.73. The van der Waals surface area contributed by atoms with Crippen LogP contribution in [0.2, 0.25) is 0 Å². The number of hydrogen-bond donors (Lipinski definition) is 1.